The molecule has 3 rings (SSSR count). The van der Waals surface area contributed by atoms with Crippen LogP contribution in [0.2, 0.25) is 0 Å². The van der Waals surface area contributed by atoms with Gasteiger partial charge in [-0.05, 0) is 23.6 Å². The average Bonchev–Trinajstić information content (AvgIpc) is 2.85. The van der Waals surface area contributed by atoms with Gasteiger partial charge in [0.05, 0.1) is 18.5 Å². The fraction of sp³-hybridized carbons (Fsp3) is 0.312. The van der Waals surface area contributed by atoms with Crippen LogP contribution in [0.5, 0.6) is 5.75 Å². The van der Waals surface area contributed by atoms with Gasteiger partial charge >= 0.3 is 0 Å². The summed E-state index contributed by atoms with van der Waals surface area (Å²) in [6.45, 7) is 4.09. The SMILES string of the molecule is COc1ccc(Cc2nc(N)nc3c(C(C)C)nn(N)c23)cc1. The summed E-state index contributed by atoms with van der Waals surface area (Å²) in [6, 6.07) is 7.81. The fourth-order valence-electron chi connectivity index (χ4n) is 2.60. The van der Waals surface area contributed by atoms with E-state index in [1.807, 2.05) is 38.1 Å². The number of methoxy groups -OCH3 is 1. The molecule has 7 nitrogen and oxygen atoms in total. The van der Waals surface area contributed by atoms with Gasteiger partial charge in [-0.15, -0.1) is 0 Å². The molecular formula is C16H20N6O. The minimum atomic E-state index is 0.199. The van der Waals surface area contributed by atoms with Gasteiger partial charge < -0.3 is 16.3 Å². The van der Waals surface area contributed by atoms with Crippen LogP contribution in [-0.2, 0) is 6.42 Å². The Hall–Kier alpha value is -2.83. The second-order valence-corrected chi connectivity index (χ2v) is 5.74. The smallest absolute Gasteiger partial charge is 0.221 e. The van der Waals surface area contributed by atoms with Crippen molar-refractivity contribution in [2.24, 2.45) is 0 Å². The third-order valence-electron chi connectivity index (χ3n) is 3.74. The molecule has 23 heavy (non-hydrogen) atoms. The molecule has 7 heteroatoms. The van der Waals surface area contributed by atoms with Gasteiger partial charge in [0.2, 0.25) is 5.95 Å². The van der Waals surface area contributed by atoms with Crippen molar-refractivity contribution in [1.82, 2.24) is 19.9 Å². The molecule has 0 aliphatic rings. The van der Waals surface area contributed by atoms with Crippen molar-refractivity contribution in [2.45, 2.75) is 26.2 Å². The van der Waals surface area contributed by atoms with Crippen LogP contribution in [0.3, 0.4) is 0 Å². The van der Waals surface area contributed by atoms with Crippen LogP contribution in [0.25, 0.3) is 11.0 Å². The Bertz CT molecular complexity index is 838. The molecular weight excluding hydrogens is 292 g/mol. The monoisotopic (exact) mass is 312 g/mol. The zero-order valence-corrected chi connectivity index (χ0v) is 13.4. The highest BCUT2D eigenvalue weighted by Gasteiger charge is 2.19. The quantitative estimate of drug-likeness (QED) is 0.712. The minimum absolute atomic E-state index is 0.199. The van der Waals surface area contributed by atoms with E-state index in [0.717, 1.165) is 33.7 Å². The number of nitrogens with zero attached hydrogens (tertiary/aromatic N) is 4. The van der Waals surface area contributed by atoms with Gasteiger partial charge in [-0.3, -0.25) is 0 Å². The standard InChI is InChI=1S/C16H20N6O/c1-9(2)13-14-15(22(18)21-13)12(19-16(17)20-14)8-10-4-6-11(23-3)7-5-10/h4-7,9H,8,18H2,1-3H3,(H2,17,19,20). The molecule has 2 heterocycles. The highest BCUT2D eigenvalue weighted by atomic mass is 16.5. The molecule has 0 unspecified atom stereocenters. The van der Waals surface area contributed by atoms with Gasteiger partial charge in [0.25, 0.3) is 0 Å². The van der Waals surface area contributed by atoms with E-state index in [0.29, 0.717) is 6.42 Å². The lowest BCUT2D eigenvalue weighted by Crippen LogP contribution is -2.13. The molecule has 0 aliphatic heterocycles. The van der Waals surface area contributed by atoms with Crippen molar-refractivity contribution in [2.75, 3.05) is 18.7 Å². The van der Waals surface area contributed by atoms with Crippen LogP contribution in [0.15, 0.2) is 24.3 Å². The first kappa shape index (κ1) is 15.1. The molecule has 0 bridgehead atoms. The largest absolute Gasteiger partial charge is 0.497 e. The molecule has 2 aromatic heterocycles. The third kappa shape index (κ3) is 2.77. The van der Waals surface area contributed by atoms with Gasteiger partial charge in [-0.2, -0.15) is 9.89 Å². The Kier molecular flexibility index (Phi) is 3.77. The summed E-state index contributed by atoms with van der Waals surface area (Å²) in [4.78, 5) is 10.0. The number of anilines is 1. The Balaban J connectivity index is 2.09. The van der Waals surface area contributed by atoms with Crippen LogP contribution in [0.4, 0.5) is 5.95 Å². The Morgan fingerprint density at radius 3 is 2.48 bits per heavy atom. The lowest BCUT2D eigenvalue weighted by molar-refractivity contribution is 0.414. The highest BCUT2D eigenvalue weighted by Crippen LogP contribution is 2.26. The predicted molar refractivity (Wildman–Crippen MR) is 89.8 cm³/mol. The number of rotatable bonds is 4. The normalized spacial score (nSPS) is 11.3. The number of benzene rings is 1. The van der Waals surface area contributed by atoms with E-state index in [-0.39, 0.29) is 11.9 Å². The summed E-state index contributed by atoms with van der Waals surface area (Å²) >= 11 is 0. The van der Waals surface area contributed by atoms with Crippen molar-refractivity contribution < 1.29 is 4.74 Å². The van der Waals surface area contributed by atoms with Crippen molar-refractivity contribution in [1.29, 1.82) is 0 Å². The molecule has 0 amide bonds. The van der Waals surface area contributed by atoms with Crippen LogP contribution in [-0.4, -0.2) is 27.0 Å². The number of nitrogens with two attached hydrogens (primary N) is 2. The van der Waals surface area contributed by atoms with Gasteiger partial charge in [0.1, 0.15) is 16.8 Å². The summed E-state index contributed by atoms with van der Waals surface area (Å²) in [5.41, 5.74) is 10.00. The van der Waals surface area contributed by atoms with E-state index >= 15 is 0 Å². The van der Waals surface area contributed by atoms with E-state index in [1.54, 1.807) is 7.11 Å². The van der Waals surface area contributed by atoms with E-state index < -0.39 is 0 Å². The van der Waals surface area contributed by atoms with Crippen molar-refractivity contribution in [3.8, 4) is 5.75 Å². The first-order valence-corrected chi connectivity index (χ1v) is 7.42. The molecule has 0 aliphatic carbocycles. The summed E-state index contributed by atoms with van der Waals surface area (Å²) in [5.74, 6) is 7.27. The van der Waals surface area contributed by atoms with Gasteiger partial charge in [-0.25, -0.2) is 9.97 Å². The number of nitrogen functional groups attached to an aromatic ring is 2. The van der Waals surface area contributed by atoms with Gasteiger partial charge in [0.15, 0.2) is 0 Å². The lowest BCUT2D eigenvalue weighted by atomic mass is 10.1. The molecule has 0 saturated heterocycles. The molecule has 4 N–H and O–H groups in total. The number of hydrogen-bond donors (Lipinski definition) is 2. The zero-order chi connectivity index (χ0) is 16.6. The molecule has 0 radical (unpaired) electrons. The van der Waals surface area contributed by atoms with Crippen molar-refractivity contribution >= 4 is 17.0 Å². The van der Waals surface area contributed by atoms with Crippen molar-refractivity contribution in [3.05, 3.63) is 41.2 Å². The highest BCUT2D eigenvalue weighted by molar-refractivity contribution is 5.81. The Morgan fingerprint density at radius 2 is 1.87 bits per heavy atom. The Labute approximate surface area is 134 Å². The topological polar surface area (TPSA) is 105 Å². The zero-order valence-electron chi connectivity index (χ0n) is 13.4. The summed E-state index contributed by atoms with van der Waals surface area (Å²) < 4.78 is 5.18. The maximum absolute atomic E-state index is 6.03. The van der Waals surface area contributed by atoms with Gasteiger partial charge in [0, 0.05) is 6.42 Å². The number of fused-ring (bicyclic) bond motifs is 1. The predicted octanol–water partition coefficient (Wildman–Crippen LogP) is 1.85. The Morgan fingerprint density at radius 1 is 1.17 bits per heavy atom. The van der Waals surface area contributed by atoms with E-state index in [2.05, 4.69) is 15.1 Å². The summed E-state index contributed by atoms with van der Waals surface area (Å²) in [5, 5.41) is 4.38. The number of aromatic nitrogens is 4. The van der Waals surface area contributed by atoms with E-state index in [1.165, 1.54) is 4.79 Å². The van der Waals surface area contributed by atoms with Crippen LogP contribution >= 0.6 is 0 Å². The molecule has 120 valence electrons. The molecule has 3 aromatic rings. The molecule has 0 spiro atoms. The number of ether oxygens (including phenoxy) is 1. The summed E-state index contributed by atoms with van der Waals surface area (Å²) in [6.07, 6.45) is 0.591. The van der Waals surface area contributed by atoms with E-state index in [9.17, 15) is 0 Å². The number of hydrogen-bond acceptors (Lipinski definition) is 6. The maximum atomic E-state index is 6.03. The summed E-state index contributed by atoms with van der Waals surface area (Å²) in [7, 11) is 1.64. The molecule has 0 fully saturated rings. The van der Waals surface area contributed by atoms with E-state index in [4.69, 9.17) is 16.3 Å². The van der Waals surface area contributed by atoms with Crippen LogP contribution < -0.4 is 16.3 Å². The van der Waals surface area contributed by atoms with Crippen LogP contribution in [0.1, 0.15) is 36.7 Å². The molecule has 0 atom stereocenters. The molecule has 0 saturated carbocycles. The second kappa shape index (κ2) is 5.75. The van der Waals surface area contributed by atoms with Crippen molar-refractivity contribution in [3.63, 3.8) is 0 Å². The first-order valence-electron chi connectivity index (χ1n) is 7.42. The molecule has 1 aromatic carbocycles. The van der Waals surface area contributed by atoms with Gasteiger partial charge in [-0.1, -0.05) is 26.0 Å². The lowest BCUT2D eigenvalue weighted by Gasteiger charge is -2.07. The second-order valence-electron chi connectivity index (χ2n) is 5.74. The minimum Gasteiger partial charge on any atom is -0.497 e. The maximum Gasteiger partial charge on any atom is 0.221 e. The fourth-order valence-corrected chi connectivity index (χ4v) is 2.60. The third-order valence-corrected chi connectivity index (χ3v) is 3.74. The average molecular weight is 312 g/mol. The first-order chi connectivity index (χ1) is 11.0. The van der Waals surface area contributed by atoms with Crippen LogP contribution in [0, 0.1) is 0 Å².